The molecule has 2 aromatic rings. The van der Waals surface area contributed by atoms with Crippen LogP contribution in [0.15, 0.2) is 29.3 Å². The molecule has 0 radical (unpaired) electrons. The van der Waals surface area contributed by atoms with E-state index in [1.807, 2.05) is 16.8 Å². The lowest BCUT2D eigenvalue weighted by Gasteiger charge is -2.15. The molecule has 0 saturated carbocycles. The van der Waals surface area contributed by atoms with Gasteiger partial charge in [0.25, 0.3) is 0 Å². The van der Waals surface area contributed by atoms with E-state index in [0.29, 0.717) is 12.5 Å². The molecule has 0 amide bonds. The SMILES string of the molecule is CC(C)CC(N)c1cncn1Cc1ccno1. The Kier molecular flexibility index (Phi) is 3.58. The highest BCUT2D eigenvalue weighted by Gasteiger charge is 2.14. The number of hydrogen-bond donors (Lipinski definition) is 1. The highest BCUT2D eigenvalue weighted by molar-refractivity contribution is 5.07. The largest absolute Gasteiger partial charge is 0.359 e. The zero-order valence-electron chi connectivity index (χ0n) is 10.2. The van der Waals surface area contributed by atoms with Crippen molar-refractivity contribution in [1.82, 2.24) is 14.7 Å². The van der Waals surface area contributed by atoms with E-state index in [0.717, 1.165) is 17.9 Å². The van der Waals surface area contributed by atoms with Gasteiger partial charge in [0.2, 0.25) is 0 Å². The maximum Gasteiger partial charge on any atom is 0.156 e. The van der Waals surface area contributed by atoms with Crippen molar-refractivity contribution in [3.05, 3.63) is 36.2 Å². The fourth-order valence-corrected chi connectivity index (χ4v) is 1.89. The smallest absolute Gasteiger partial charge is 0.156 e. The first-order valence-electron chi connectivity index (χ1n) is 5.82. The van der Waals surface area contributed by atoms with E-state index in [1.54, 1.807) is 12.5 Å². The zero-order chi connectivity index (χ0) is 12.3. The highest BCUT2D eigenvalue weighted by atomic mass is 16.5. The predicted molar refractivity (Wildman–Crippen MR) is 64.2 cm³/mol. The van der Waals surface area contributed by atoms with E-state index in [1.165, 1.54) is 0 Å². The molecule has 1 atom stereocenters. The van der Waals surface area contributed by atoms with E-state index in [2.05, 4.69) is 24.0 Å². The minimum absolute atomic E-state index is 0.0143. The summed E-state index contributed by atoms with van der Waals surface area (Å²) in [5.41, 5.74) is 7.20. The van der Waals surface area contributed by atoms with Crippen molar-refractivity contribution in [3.63, 3.8) is 0 Å². The van der Waals surface area contributed by atoms with Crippen LogP contribution in [0.4, 0.5) is 0 Å². The van der Waals surface area contributed by atoms with Crippen molar-refractivity contribution in [2.45, 2.75) is 32.9 Å². The third-order valence-electron chi connectivity index (χ3n) is 2.67. The number of nitrogens with zero attached hydrogens (tertiary/aromatic N) is 3. The number of aromatic nitrogens is 3. The van der Waals surface area contributed by atoms with Gasteiger partial charge in [0.1, 0.15) is 0 Å². The Labute approximate surface area is 101 Å². The molecule has 0 spiro atoms. The highest BCUT2D eigenvalue weighted by Crippen LogP contribution is 2.19. The van der Waals surface area contributed by atoms with E-state index in [9.17, 15) is 0 Å². The molecule has 0 bridgehead atoms. The summed E-state index contributed by atoms with van der Waals surface area (Å²) in [6, 6.07) is 1.86. The quantitative estimate of drug-likeness (QED) is 0.858. The maximum absolute atomic E-state index is 6.16. The Hall–Kier alpha value is -1.62. The van der Waals surface area contributed by atoms with Gasteiger partial charge in [0.05, 0.1) is 24.8 Å². The van der Waals surface area contributed by atoms with Gasteiger partial charge in [0, 0.05) is 18.3 Å². The van der Waals surface area contributed by atoms with Crippen LogP contribution in [0.25, 0.3) is 0 Å². The zero-order valence-corrected chi connectivity index (χ0v) is 10.2. The van der Waals surface area contributed by atoms with Crippen molar-refractivity contribution < 1.29 is 4.52 Å². The van der Waals surface area contributed by atoms with E-state index in [4.69, 9.17) is 10.3 Å². The third-order valence-corrected chi connectivity index (χ3v) is 2.67. The summed E-state index contributed by atoms with van der Waals surface area (Å²) in [5.74, 6) is 1.37. The normalized spacial score (nSPS) is 13.2. The van der Waals surface area contributed by atoms with Gasteiger partial charge in [-0.15, -0.1) is 0 Å². The lowest BCUT2D eigenvalue weighted by Crippen LogP contribution is -2.17. The molecular formula is C12H18N4O. The molecule has 0 aromatic carbocycles. The second-order valence-corrected chi connectivity index (χ2v) is 4.66. The van der Waals surface area contributed by atoms with Gasteiger partial charge in [-0.2, -0.15) is 0 Å². The molecule has 0 fully saturated rings. The number of nitrogens with two attached hydrogens (primary N) is 1. The van der Waals surface area contributed by atoms with Crippen LogP contribution in [0.5, 0.6) is 0 Å². The molecule has 0 aliphatic carbocycles. The van der Waals surface area contributed by atoms with Crippen molar-refractivity contribution >= 4 is 0 Å². The van der Waals surface area contributed by atoms with Crippen LogP contribution in [0.1, 0.15) is 37.8 Å². The fourth-order valence-electron chi connectivity index (χ4n) is 1.89. The van der Waals surface area contributed by atoms with Crippen LogP contribution in [0.2, 0.25) is 0 Å². The molecule has 2 aromatic heterocycles. The molecule has 0 aliphatic rings. The minimum atomic E-state index is 0.0143. The van der Waals surface area contributed by atoms with Crippen LogP contribution >= 0.6 is 0 Å². The van der Waals surface area contributed by atoms with Gasteiger partial charge in [-0.25, -0.2) is 4.98 Å². The van der Waals surface area contributed by atoms with Crippen LogP contribution in [0, 0.1) is 5.92 Å². The molecule has 2 N–H and O–H groups in total. The molecule has 1 unspecified atom stereocenters. The molecular weight excluding hydrogens is 216 g/mol. The van der Waals surface area contributed by atoms with Crippen LogP contribution in [0.3, 0.4) is 0 Å². The first-order chi connectivity index (χ1) is 8.16. The summed E-state index contributed by atoms with van der Waals surface area (Å²) in [6.07, 6.45) is 6.18. The second-order valence-electron chi connectivity index (χ2n) is 4.66. The lowest BCUT2D eigenvalue weighted by molar-refractivity contribution is 0.372. The Balaban J connectivity index is 2.11. The molecule has 17 heavy (non-hydrogen) atoms. The Morgan fingerprint density at radius 1 is 1.47 bits per heavy atom. The summed E-state index contributed by atoms with van der Waals surface area (Å²) in [7, 11) is 0. The van der Waals surface area contributed by atoms with Gasteiger partial charge in [-0.1, -0.05) is 19.0 Å². The average molecular weight is 234 g/mol. The molecule has 0 saturated heterocycles. The summed E-state index contributed by atoms with van der Waals surface area (Å²) in [4.78, 5) is 4.15. The summed E-state index contributed by atoms with van der Waals surface area (Å²) >= 11 is 0. The molecule has 5 heteroatoms. The van der Waals surface area contributed by atoms with E-state index in [-0.39, 0.29) is 6.04 Å². The van der Waals surface area contributed by atoms with E-state index >= 15 is 0 Å². The Morgan fingerprint density at radius 2 is 2.29 bits per heavy atom. The molecule has 5 nitrogen and oxygen atoms in total. The van der Waals surface area contributed by atoms with Crippen LogP contribution in [-0.4, -0.2) is 14.7 Å². The Bertz CT molecular complexity index is 447. The van der Waals surface area contributed by atoms with Crippen LogP contribution < -0.4 is 5.73 Å². The molecule has 0 aliphatic heterocycles. The van der Waals surface area contributed by atoms with Gasteiger partial charge < -0.3 is 14.8 Å². The van der Waals surface area contributed by atoms with Crippen molar-refractivity contribution in [2.24, 2.45) is 11.7 Å². The van der Waals surface area contributed by atoms with E-state index < -0.39 is 0 Å². The number of rotatable bonds is 5. The monoisotopic (exact) mass is 234 g/mol. The number of imidazole rings is 1. The number of hydrogen-bond acceptors (Lipinski definition) is 4. The minimum Gasteiger partial charge on any atom is -0.359 e. The van der Waals surface area contributed by atoms with Gasteiger partial charge in [-0.05, 0) is 12.3 Å². The first kappa shape index (κ1) is 11.9. The lowest BCUT2D eigenvalue weighted by atomic mass is 10.0. The average Bonchev–Trinajstić information content (AvgIpc) is 2.88. The van der Waals surface area contributed by atoms with Gasteiger partial charge >= 0.3 is 0 Å². The summed E-state index contributed by atoms with van der Waals surface area (Å²) < 4.78 is 7.09. The summed E-state index contributed by atoms with van der Waals surface area (Å²) in [5, 5.41) is 3.69. The standard InChI is InChI=1S/C12H18N4O/c1-9(2)5-11(13)12-6-14-8-16(12)7-10-3-4-15-17-10/h3-4,6,8-9,11H,5,7,13H2,1-2H3. The fraction of sp³-hybridized carbons (Fsp3) is 0.500. The van der Waals surface area contributed by atoms with Gasteiger partial charge in [0.15, 0.2) is 5.76 Å². The predicted octanol–water partition coefficient (Wildman–Crippen LogP) is 1.97. The molecule has 2 heterocycles. The maximum atomic E-state index is 6.16. The third kappa shape index (κ3) is 2.94. The topological polar surface area (TPSA) is 69.9 Å². The Morgan fingerprint density at radius 3 is 2.94 bits per heavy atom. The molecule has 2 rings (SSSR count). The molecule has 92 valence electrons. The van der Waals surface area contributed by atoms with Crippen molar-refractivity contribution in [1.29, 1.82) is 0 Å². The van der Waals surface area contributed by atoms with Crippen LogP contribution in [-0.2, 0) is 6.54 Å². The second kappa shape index (κ2) is 5.14. The van der Waals surface area contributed by atoms with Crippen molar-refractivity contribution in [3.8, 4) is 0 Å². The first-order valence-corrected chi connectivity index (χ1v) is 5.82. The summed E-state index contributed by atoms with van der Waals surface area (Å²) in [6.45, 7) is 4.95. The van der Waals surface area contributed by atoms with Gasteiger partial charge in [-0.3, -0.25) is 0 Å². The van der Waals surface area contributed by atoms with Crippen molar-refractivity contribution in [2.75, 3.05) is 0 Å².